The molecule has 9 heteroatoms. The molecule has 3 amide bonds. The third-order valence-corrected chi connectivity index (χ3v) is 7.26. The average molecular weight is 450 g/mol. The van der Waals surface area contributed by atoms with Crippen molar-refractivity contribution in [2.24, 2.45) is 0 Å². The molecule has 1 saturated carbocycles. The van der Waals surface area contributed by atoms with Gasteiger partial charge in [-0.15, -0.1) is 0 Å². The highest BCUT2D eigenvalue weighted by Gasteiger charge is 2.38. The minimum absolute atomic E-state index is 0.0978. The lowest BCUT2D eigenvalue weighted by Gasteiger charge is -2.31. The first-order valence-electron chi connectivity index (χ1n) is 11.9. The summed E-state index contributed by atoms with van der Waals surface area (Å²) in [4.78, 5) is 46.5. The van der Waals surface area contributed by atoms with Crippen LogP contribution >= 0.6 is 0 Å². The van der Waals surface area contributed by atoms with Crippen LogP contribution in [0.2, 0.25) is 0 Å². The van der Waals surface area contributed by atoms with Crippen molar-refractivity contribution in [2.75, 3.05) is 26.2 Å². The molecule has 4 aliphatic rings. The van der Waals surface area contributed by atoms with Gasteiger partial charge in [-0.25, -0.2) is 4.98 Å². The van der Waals surface area contributed by atoms with E-state index >= 15 is 0 Å². The zero-order valence-corrected chi connectivity index (χ0v) is 18.5. The quantitative estimate of drug-likeness (QED) is 0.703. The number of aromatic nitrogens is 3. The predicted octanol–water partition coefficient (Wildman–Crippen LogP) is 2.48. The van der Waals surface area contributed by atoms with Crippen LogP contribution in [-0.4, -0.2) is 75.0 Å². The molecular weight excluding hydrogens is 422 g/mol. The molecule has 172 valence electrons. The predicted molar refractivity (Wildman–Crippen MR) is 117 cm³/mol. The number of H-pyrrole nitrogens is 1. The maximum atomic E-state index is 13.2. The normalized spacial score (nSPS) is 23.5. The van der Waals surface area contributed by atoms with E-state index in [1.807, 2.05) is 4.90 Å². The van der Waals surface area contributed by atoms with Gasteiger partial charge in [0.2, 0.25) is 0 Å². The monoisotopic (exact) mass is 449 g/mol. The Morgan fingerprint density at radius 3 is 2.55 bits per heavy atom. The van der Waals surface area contributed by atoms with Crippen LogP contribution in [0, 0.1) is 0 Å². The lowest BCUT2D eigenvalue weighted by atomic mass is 9.95. The zero-order valence-electron chi connectivity index (χ0n) is 18.5. The lowest BCUT2D eigenvalue weighted by Crippen LogP contribution is -2.38. The van der Waals surface area contributed by atoms with Crippen LogP contribution in [0.15, 0.2) is 18.2 Å². The van der Waals surface area contributed by atoms with Crippen LogP contribution in [0.4, 0.5) is 0 Å². The van der Waals surface area contributed by atoms with Gasteiger partial charge in [0.15, 0.2) is 5.82 Å². The maximum absolute atomic E-state index is 13.2. The van der Waals surface area contributed by atoms with E-state index in [1.54, 1.807) is 18.2 Å². The number of hydrogen-bond donors (Lipinski definition) is 1. The van der Waals surface area contributed by atoms with Crippen LogP contribution in [0.5, 0.6) is 0 Å². The van der Waals surface area contributed by atoms with Gasteiger partial charge < -0.3 is 9.64 Å². The van der Waals surface area contributed by atoms with Crippen molar-refractivity contribution in [1.82, 2.24) is 25.0 Å². The Balaban J connectivity index is 1.12. The number of imide groups is 1. The molecule has 9 nitrogen and oxygen atoms in total. The summed E-state index contributed by atoms with van der Waals surface area (Å²) in [6.45, 7) is 2.19. The van der Waals surface area contributed by atoms with Gasteiger partial charge in [-0.05, 0) is 56.7 Å². The van der Waals surface area contributed by atoms with Gasteiger partial charge in [0, 0.05) is 37.1 Å². The van der Waals surface area contributed by atoms with Gasteiger partial charge in [-0.2, -0.15) is 5.10 Å². The second-order valence-corrected chi connectivity index (χ2v) is 9.54. The minimum Gasteiger partial charge on any atom is -0.376 e. The fourth-order valence-corrected chi connectivity index (χ4v) is 5.11. The molecule has 6 rings (SSSR count). The molecular formula is C24H27N5O4. The Hall–Kier alpha value is -3.07. The second kappa shape index (κ2) is 8.06. The van der Waals surface area contributed by atoms with Crippen LogP contribution < -0.4 is 0 Å². The van der Waals surface area contributed by atoms with Crippen molar-refractivity contribution in [3.63, 3.8) is 0 Å². The molecule has 1 atom stereocenters. The summed E-state index contributed by atoms with van der Waals surface area (Å²) in [5.41, 5.74) is 1.13. The number of aromatic amines is 1. The fourth-order valence-electron chi connectivity index (χ4n) is 5.11. The molecule has 1 aliphatic carbocycles. The van der Waals surface area contributed by atoms with E-state index in [9.17, 15) is 14.4 Å². The Morgan fingerprint density at radius 2 is 1.82 bits per heavy atom. The summed E-state index contributed by atoms with van der Waals surface area (Å²) >= 11 is 0. The number of nitrogens with one attached hydrogen (secondary N) is 1. The number of rotatable bonds is 5. The molecule has 1 unspecified atom stereocenters. The smallest absolute Gasteiger partial charge is 0.261 e. The molecule has 1 N–H and O–H groups in total. The highest BCUT2D eigenvalue weighted by molar-refractivity contribution is 6.22. The van der Waals surface area contributed by atoms with E-state index in [0.29, 0.717) is 42.3 Å². The van der Waals surface area contributed by atoms with Crippen molar-refractivity contribution < 1.29 is 19.1 Å². The van der Waals surface area contributed by atoms with Crippen LogP contribution in [-0.2, 0) is 4.74 Å². The van der Waals surface area contributed by atoms with Crippen molar-refractivity contribution in [2.45, 2.75) is 56.5 Å². The van der Waals surface area contributed by atoms with E-state index in [0.717, 1.165) is 37.3 Å². The van der Waals surface area contributed by atoms with Crippen LogP contribution in [0.25, 0.3) is 0 Å². The molecule has 33 heavy (non-hydrogen) atoms. The maximum Gasteiger partial charge on any atom is 0.261 e. The third-order valence-electron chi connectivity index (χ3n) is 7.26. The molecule has 3 fully saturated rings. The lowest BCUT2D eigenvalue weighted by molar-refractivity contribution is 0.0475. The molecule has 3 aliphatic heterocycles. The summed E-state index contributed by atoms with van der Waals surface area (Å²) in [6, 6.07) is 4.85. The zero-order chi connectivity index (χ0) is 22.5. The number of hydrogen-bond acceptors (Lipinski definition) is 6. The number of benzene rings is 1. The SMILES string of the molecule is O=C(c1ccc2c(c1)C(=O)N(CC1CCCO1)C2=O)N1CCC(c2nc(C3CC3)n[nH]2)CC1. The van der Waals surface area contributed by atoms with Crippen molar-refractivity contribution in [1.29, 1.82) is 0 Å². The first kappa shape index (κ1) is 20.5. The Kier molecular flexibility index (Phi) is 5.01. The molecule has 2 aromatic rings. The molecule has 1 aromatic heterocycles. The first-order chi connectivity index (χ1) is 16.1. The number of amides is 3. The summed E-state index contributed by atoms with van der Waals surface area (Å²) in [5, 5.41) is 7.44. The molecule has 0 radical (unpaired) electrons. The highest BCUT2D eigenvalue weighted by Crippen LogP contribution is 2.38. The standard InChI is InChI=1S/C24H27N5O4/c30-22(28-9-7-15(8-10-28)21-25-20(26-27-21)14-3-4-14)16-5-6-18-19(12-16)24(32)29(23(18)31)13-17-2-1-11-33-17/h5-6,12,14-15,17H,1-4,7-11,13H2,(H,25,26,27). The van der Waals surface area contributed by atoms with E-state index in [1.165, 1.54) is 17.7 Å². The van der Waals surface area contributed by atoms with Crippen molar-refractivity contribution in [3.05, 3.63) is 46.5 Å². The second-order valence-electron chi connectivity index (χ2n) is 9.54. The average Bonchev–Trinajstić information content (AvgIpc) is 3.26. The fraction of sp³-hybridized carbons (Fsp3) is 0.542. The summed E-state index contributed by atoms with van der Waals surface area (Å²) in [7, 11) is 0. The number of likely N-dealkylation sites (tertiary alicyclic amines) is 1. The summed E-state index contributed by atoms with van der Waals surface area (Å²) in [6.07, 6.45) is 5.69. The van der Waals surface area contributed by atoms with E-state index in [2.05, 4.69) is 15.2 Å². The third kappa shape index (κ3) is 3.74. The van der Waals surface area contributed by atoms with Gasteiger partial charge in [0.25, 0.3) is 17.7 Å². The van der Waals surface area contributed by atoms with Gasteiger partial charge in [-0.3, -0.25) is 24.4 Å². The molecule has 2 saturated heterocycles. The largest absolute Gasteiger partial charge is 0.376 e. The van der Waals surface area contributed by atoms with Crippen molar-refractivity contribution in [3.8, 4) is 0 Å². The van der Waals surface area contributed by atoms with Gasteiger partial charge in [0.1, 0.15) is 5.82 Å². The van der Waals surface area contributed by atoms with E-state index < -0.39 is 0 Å². The number of nitrogens with zero attached hydrogens (tertiary/aromatic N) is 4. The van der Waals surface area contributed by atoms with Gasteiger partial charge in [0.05, 0.1) is 23.8 Å². The highest BCUT2D eigenvalue weighted by atomic mass is 16.5. The molecule has 0 bridgehead atoms. The number of piperidine rings is 1. The van der Waals surface area contributed by atoms with Gasteiger partial charge >= 0.3 is 0 Å². The number of carbonyl (C=O) groups is 3. The van der Waals surface area contributed by atoms with E-state index in [4.69, 9.17) is 4.74 Å². The van der Waals surface area contributed by atoms with Gasteiger partial charge in [-0.1, -0.05) is 0 Å². The number of carbonyl (C=O) groups excluding carboxylic acids is 3. The summed E-state index contributed by atoms with van der Waals surface area (Å²) in [5.74, 6) is 1.91. The van der Waals surface area contributed by atoms with Crippen molar-refractivity contribution >= 4 is 17.7 Å². The Morgan fingerprint density at radius 1 is 1.03 bits per heavy atom. The molecule has 4 heterocycles. The topological polar surface area (TPSA) is 108 Å². The Bertz CT molecular complexity index is 1110. The molecule has 1 aromatic carbocycles. The number of fused-ring (bicyclic) bond motifs is 1. The van der Waals surface area contributed by atoms with Crippen LogP contribution in [0.3, 0.4) is 0 Å². The van der Waals surface area contributed by atoms with E-state index in [-0.39, 0.29) is 36.3 Å². The summed E-state index contributed by atoms with van der Waals surface area (Å²) < 4.78 is 5.59. The molecule has 0 spiro atoms. The van der Waals surface area contributed by atoms with Crippen LogP contribution in [0.1, 0.15) is 93.1 Å². The Labute approximate surface area is 191 Å². The first-order valence-corrected chi connectivity index (χ1v) is 11.9. The minimum atomic E-state index is -0.337. The number of ether oxygens (including phenoxy) is 1.